The molecule has 7 heteroatoms. The first-order valence-electron chi connectivity index (χ1n) is 7.12. The van der Waals surface area contributed by atoms with Crippen LogP contribution in [0.25, 0.3) is 0 Å². The van der Waals surface area contributed by atoms with E-state index in [1.165, 1.54) is 0 Å². The fourth-order valence-electron chi connectivity index (χ4n) is 1.64. The van der Waals surface area contributed by atoms with Crippen molar-refractivity contribution in [1.29, 1.82) is 0 Å². The number of carbonyl (C=O) groups is 1. The van der Waals surface area contributed by atoms with Gasteiger partial charge in [-0.05, 0) is 25.5 Å². The second-order valence-corrected chi connectivity index (χ2v) is 4.38. The summed E-state index contributed by atoms with van der Waals surface area (Å²) in [4.78, 5) is 16.1. The first-order valence-corrected chi connectivity index (χ1v) is 7.12. The molecule has 1 aromatic rings. The molecule has 0 heterocycles. The van der Waals surface area contributed by atoms with Crippen LogP contribution in [0, 0.1) is 0 Å². The van der Waals surface area contributed by atoms with Gasteiger partial charge in [0.25, 0.3) is 0 Å². The number of methoxy groups -OCH3 is 1. The maximum Gasteiger partial charge on any atom is 0.246 e. The molecule has 0 spiro atoms. The molecule has 0 aliphatic carbocycles. The van der Waals surface area contributed by atoms with Crippen molar-refractivity contribution in [2.24, 2.45) is 4.99 Å². The number of para-hydroxylation sites is 1. The van der Waals surface area contributed by atoms with Gasteiger partial charge in [0.05, 0.1) is 0 Å². The lowest BCUT2D eigenvalue weighted by molar-refractivity contribution is -0.114. The number of carbonyl (C=O) groups excluding carboxylic acids is 1. The smallest absolute Gasteiger partial charge is 0.246 e. The Morgan fingerprint density at radius 1 is 1.23 bits per heavy atom. The number of anilines is 1. The SMILES string of the molecule is CCNC(=NCC(=O)Nc1ccccc1)NCCCOC.I. The van der Waals surface area contributed by atoms with E-state index in [2.05, 4.69) is 20.9 Å². The van der Waals surface area contributed by atoms with Crippen molar-refractivity contribution in [1.82, 2.24) is 10.6 Å². The third kappa shape index (κ3) is 9.56. The Bertz CT molecular complexity index is 440. The molecule has 1 rings (SSSR count). The van der Waals surface area contributed by atoms with Gasteiger partial charge in [-0.25, -0.2) is 4.99 Å². The van der Waals surface area contributed by atoms with Crippen LogP contribution in [0.15, 0.2) is 35.3 Å². The maximum atomic E-state index is 11.8. The Morgan fingerprint density at radius 3 is 2.59 bits per heavy atom. The summed E-state index contributed by atoms with van der Waals surface area (Å²) < 4.78 is 4.98. The zero-order valence-electron chi connectivity index (χ0n) is 13.1. The molecule has 0 aliphatic rings. The molecule has 0 fully saturated rings. The van der Waals surface area contributed by atoms with E-state index in [0.29, 0.717) is 12.6 Å². The van der Waals surface area contributed by atoms with Crippen LogP contribution in [0.2, 0.25) is 0 Å². The molecule has 22 heavy (non-hydrogen) atoms. The van der Waals surface area contributed by atoms with Crippen LogP contribution in [0.4, 0.5) is 5.69 Å². The van der Waals surface area contributed by atoms with Gasteiger partial charge >= 0.3 is 0 Å². The van der Waals surface area contributed by atoms with Gasteiger partial charge in [0.1, 0.15) is 6.54 Å². The molecule has 0 radical (unpaired) electrons. The molecular weight excluding hydrogens is 395 g/mol. The highest BCUT2D eigenvalue weighted by Gasteiger charge is 2.02. The van der Waals surface area contributed by atoms with Crippen LogP contribution in [0.1, 0.15) is 13.3 Å². The number of hydrogen-bond donors (Lipinski definition) is 3. The number of rotatable bonds is 8. The highest BCUT2D eigenvalue weighted by molar-refractivity contribution is 14.0. The third-order valence-corrected chi connectivity index (χ3v) is 2.60. The van der Waals surface area contributed by atoms with Crippen molar-refractivity contribution < 1.29 is 9.53 Å². The number of ether oxygens (including phenoxy) is 1. The second kappa shape index (κ2) is 13.3. The molecule has 0 saturated carbocycles. The monoisotopic (exact) mass is 420 g/mol. The van der Waals surface area contributed by atoms with E-state index in [1.54, 1.807) is 7.11 Å². The van der Waals surface area contributed by atoms with Crippen LogP contribution in [0.5, 0.6) is 0 Å². The van der Waals surface area contributed by atoms with Gasteiger partial charge in [-0.1, -0.05) is 18.2 Å². The van der Waals surface area contributed by atoms with E-state index in [9.17, 15) is 4.79 Å². The summed E-state index contributed by atoms with van der Waals surface area (Å²) in [6.07, 6.45) is 0.886. The predicted molar refractivity (Wildman–Crippen MR) is 101 cm³/mol. The maximum absolute atomic E-state index is 11.8. The van der Waals surface area contributed by atoms with Crippen molar-refractivity contribution in [2.75, 3.05) is 38.7 Å². The minimum absolute atomic E-state index is 0. The van der Waals surface area contributed by atoms with Crippen molar-refractivity contribution in [2.45, 2.75) is 13.3 Å². The second-order valence-electron chi connectivity index (χ2n) is 4.38. The Hall–Kier alpha value is -1.35. The van der Waals surface area contributed by atoms with Crippen molar-refractivity contribution in [3.8, 4) is 0 Å². The van der Waals surface area contributed by atoms with Gasteiger partial charge < -0.3 is 20.7 Å². The standard InChI is InChI=1S/C15H24N4O2.HI/c1-3-16-15(17-10-7-11-21-2)18-12-14(20)19-13-8-5-4-6-9-13;/h4-6,8-9H,3,7,10-12H2,1-2H3,(H,19,20)(H2,16,17,18);1H. The number of halogens is 1. The highest BCUT2D eigenvalue weighted by Crippen LogP contribution is 2.04. The average Bonchev–Trinajstić information content (AvgIpc) is 2.50. The largest absolute Gasteiger partial charge is 0.385 e. The molecule has 0 bridgehead atoms. The van der Waals surface area contributed by atoms with Crippen LogP contribution in [-0.2, 0) is 9.53 Å². The molecule has 1 amide bonds. The first-order chi connectivity index (χ1) is 10.3. The minimum atomic E-state index is -0.143. The van der Waals surface area contributed by atoms with E-state index in [4.69, 9.17) is 4.74 Å². The van der Waals surface area contributed by atoms with Crippen LogP contribution >= 0.6 is 24.0 Å². The summed E-state index contributed by atoms with van der Waals surface area (Å²) >= 11 is 0. The number of guanidine groups is 1. The predicted octanol–water partition coefficient (Wildman–Crippen LogP) is 1.83. The normalized spacial score (nSPS) is 10.5. The van der Waals surface area contributed by atoms with Gasteiger partial charge in [-0.3, -0.25) is 4.79 Å². The lowest BCUT2D eigenvalue weighted by Crippen LogP contribution is -2.38. The Labute approximate surface area is 149 Å². The van der Waals surface area contributed by atoms with Crippen LogP contribution < -0.4 is 16.0 Å². The number of amides is 1. The summed E-state index contributed by atoms with van der Waals surface area (Å²) in [5, 5.41) is 9.04. The summed E-state index contributed by atoms with van der Waals surface area (Å²) in [5.74, 6) is 0.493. The number of aliphatic imine (C=N–C) groups is 1. The van der Waals surface area contributed by atoms with Crippen molar-refractivity contribution >= 4 is 41.5 Å². The lowest BCUT2D eigenvalue weighted by atomic mass is 10.3. The Kier molecular flexibility index (Phi) is 12.5. The first kappa shape index (κ1) is 20.6. The van der Waals surface area contributed by atoms with Gasteiger partial charge in [-0.15, -0.1) is 24.0 Å². The minimum Gasteiger partial charge on any atom is -0.385 e. The molecule has 0 aliphatic heterocycles. The van der Waals surface area contributed by atoms with Gasteiger partial charge in [0.15, 0.2) is 5.96 Å². The molecule has 0 atom stereocenters. The molecule has 6 nitrogen and oxygen atoms in total. The fraction of sp³-hybridized carbons (Fsp3) is 0.467. The van der Waals surface area contributed by atoms with Gasteiger partial charge in [0.2, 0.25) is 5.91 Å². The number of nitrogens with zero attached hydrogens (tertiary/aromatic N) is 1. The quantitative estimate of drug-likeness (QED) is 0.260. The summed E-state index contributed by atoms with van der Waals surface area (Å²) in [6, 6.07) is 9.34. The van der Waals surface area contributed by atoms with E-state index in [1.807, 2.05) is 37.3 Å². The third-order valence-electron chi connectivity index (χ3n) is 2.60. The molecule has 0 unspecified atom stereocenters. The molecular formula is C15H25IN4O2. The molecule has 124 valence electrons. The molecule has 0 saturated heterocycles. The highest BCUT2D eigenvalue weighted by atomic mass is 127. The molecule has 0 aromatic heterocycles. The summed E-state index contributed by atoms with van der Waals surface area (Å²) in [6.45, 7) is 4.25. The van der Waals surface area contributed by atoms with Crippen molar-refractivity contribution in [3.05, 3.63) is 30.3 Å². The number of benzene rings is 1. The Morgan fingerprint density at radius 2 is 1.95 bits per heavy atom. The Balaban J connectivity index is 0.00000441. The topological polar surface area (TPSA) is 74.8 Å². The zero-order chi connectivity index (χ0) is 15.3. The van der Waals surface area contributed by atoms with E-state index in [0.717, 1.165) is 25.2 Å². The zero-order valence-corrected chi connectivity index (χ0v) is 15.4. The summed E-state index contributed by atoms with van der Waals surface area (Å²) in [5.41, 5.74) is 0.774. The molecule has 1 aromatic carbocycles. The van der Waals surface area contributed by atoms with Crippen LogP contribution in [-0.4, -0.2) is 45.2 Å². The van der Waals surface area contributed by atoms with Crippen molar-refractivity contribution in [3.63, 3.8) is 0 Å². The number of nitrogens with one attached hydrogen (secondary N) is 3. The lowest BCUT2D eigenvalue weighted by Gasteiger charge is -2.11. The van der Waals surface area contributed by atoms with E-state index in [-0.39, 0.29) is 36.4 Å². The van der Waals surface area contributed by atoms with Crippen LogP contribution in [0.3, 0.4) is 0 Å². The van der Waals surface area contributed by atoms with E-state index < -0.39 is 0 Å². The average molecular weight is 420 g/mol. The van der Waals surface area contributed by atoms with E-state index >= 15 is 0 Å². The van der Waals surface area contributed by atoms with Gasteiger partial charge in [0, 0.05) is 32.5 Å². The number of hydrogen-bond acceptors (Lipinski definition) is 3. The summed E-state index contributed by atoms with van der Waals surface area (Å²) in [7, 11) is 1.67. The molecule has 3 N–H and O–H groups in total. The van der Waals surface area contributed by atoms with Gasteiger partial charge in [-0.2, -0.15) is 0 Å². The fourth-order valence-corrected chi connectivity index (χ4v) is 1.64.